The second-order valence-corrected chi connectivity index (χ2v) is 18.2. The number of fused-ring (bicyclic) bond motifs is 12. The Morgan fingerprint density at radius 2 is 0.714 bits per heavy atom. The predicted octanol–water partition coefficient (Wildman–Crippen LogP) is 18.2. The third kappa shape index (κ3) is 5.15. The fourth-order valence-corrected chi connectivity index (χ4v) is 12.1. The van der Waals surface area contributed by atoms with E-state index >= 15 is 0 Å². The van der Waals surface area contributed by atoms with Crippen molar-refractivity contribution in [3.63, 3.8) is 0 Å². The third-order valence-corrected chi connectivity index (χ3v) is 15.0. The van der Waals surface area contributed by atoms with Gasteiger partial charge in [-0.3, -0.25) is 0 Å². The highest BCUT2D eigenvalue weighted by atomic mass is 32.1. The van der Waals surface area contributed by atoms with Crippen LogP contribution < -0.4 is 0 Å². The first-order valence-corrected chi connectivity index (χ1v) is 22.6. The molecule has 14 aromatic rings. The average Bonchev–Trinajstić information content (AvgIpc) is 3.75. The molecule has 0 N–H and O–H groups in total. The lowest BCUT2D eigenvalue weighted by Crippen LogP contribution is -1.90. The van der Waals surface area contributed by atoms with Crippen LogP contribution in [0.4, 0.5) is 0 Å². The number of rotatable bonds is 4. The normalized spacial score (nSPS) is 12.1. The molecule has 0 aliphatic carbocycles. The summed E-state index contributed by atoms with van der Waals surface area (Å²) >= 11 is 1.92. The van der Waals surface area contributed by atoms with Crippen molar-refractivity contribution < 1.29 is 0 Å². The Morgan fingerprint density at radius 3 is 1.44 bits per heavy atom. The van der Waals surface area contributed by atoms with E-state index in [1.165, 1.54) is 140 Å². The fourth-order valence-electron chi connectivity index (χ4n) is 10.9. The number of thiophene rings is 1. The van der Waals surface area contributed by atoms with Gasteiger partial charge in [-0.05, 0) is 144 Å². The molecule has 0 unspecified atom stereocenters. The summed E-state index contributed by atoms with van der Waals surface area (Å²) < 4.78 is 2.71. The largest absolute Gasteiger partial charge is 0.135 e. The first-order chi connectivity index (χ1) is 31.2. The van der Waals surface area contributed by atoms with Crippen LogP contribution in [-0.2, 0) is 0 Å². The standard InChI is InChI=1S/C62H36S/c1-2-10-37(11-3-1)41-13-8-15-44(34-41)46-26-21-39-24-30-53-47(27-22-40-23-29-52(46)58(39)59(40)53)45-16-9-14-42(35-45)43-25-28-50-54-32-33-57-61(60(54)51-19-7-6-18-49(51)56(50)36-43)55-31-20-38-12-4-5-17-48(38)62(55)63-57/h1-36H. The van der Waals surface area contributed by atoms with Crippen molar-refractivity contribution in [2.24, 2.45) is 0 Å². The maximum absolute atomic E-state index is 2.43. The molecular weight excluding hydrogens is 777 g/mol. The summed E-state index contributed by atoms with van der Waals surface area (Å²) in [5.41, 5.74) is 9.89. The van der Waals surface area contributed by atoms with E-state index in [0.717, 1.165) is 0 Å². The monoisotopic (exact) mass is 812 g/mol. The SMILES string of the molecule is c1ccc(-c2cccc(-c3ccc4ccc5c(-c6cccc(-c7ccc8c(c7)c7ccccc7c7c8ccc8sc9c%10ccccc%10ccc9c87)c6)ccc6ccc3c4c65)c2)cc1. The molecular formula is C62H36S. The molecule has 0 bridgehead atoms. The Balaban J connectivity index is 0.919. The molecule has 14 rings (SSSR count). The van der Waals surface area contributed by atoms with E-state index < -0.39 is 0 Å². The van der Waals surface area contributed by atoms with E-state index in [2.05, 4.69) is 218 Å². The lowest BCUT2D eigenvalue weighted by atomic mass is 9.86. The van der Waals surface area contributed by atoms with Crippen molar-refractivity contribution in [1.29, 1.82) is 0 Å². The molecule has 13 aromatic carbocycles. The molecule has 290 valence electrons. The van der Waals surface area contributed by atoms with Gasteiger partial charge in [0.2, 0.25) is 0 Å². The smallest absolute Gasteiger partial charge is 0.0434 e. The third-order valence-electron chi connectivity index (χ3n) is 13.8. The second kappa shape index (κ2) is 13.3. The van der Waals surface area contributed by atoms with Gasteiger partial charge in [-0.1, -0.05) is 194 Å². The molecule has 1 heterocycles. The molecule has 0 saturated heterocycles. The minimum absolute atomic E-state index is 1.22. The van der Waals surface area contributed by atoms with Gasteiger partial charge in [0.25, 0.3) is 0 Å². The Kier molecular flexibility index (Phi) is 7.37. The van der Waals surface area contributed by atoms with Crippen LogP contribution in [0.5, 0.6) is 0 Å². The average molecular weight is 813 g/mol. The van der Waals surface area contributed by atoms with Crippen LogP contribution in [0.1, 0.15) is 0 Å². The lowest BCUT2D eigenvalue weighted by Gasteiger charge is -2.17. The van der Waals surface area contributed by atoms with Gasteiger partial charge in [-0.25, -0.2) is 0 Å². The molecule has 0 amide bonds. The maximum atomic E-state index is 2.43. The summed E-state index contributed by atoms with van der Waals surface area (Å²) in [6, 6.07) is 81.7. The molecule has 0 aliphatic heterocycles. The lowest BCUT2D eigenvalue weighted by molar-refractivity contribution is 1.61. The topological polar surface area (TPSA) is 0 Å². The quantitative estimate of drug-likeness (QED) is 0.155. The zero-order valence-electron chi connectivity index (χ0n) is 34.2. The van der Waals surface area contributed by atoms with E-state index in [1.807, 2.05) is 11.3 Å². The van der Waals surface area contributed by atoms with Crippen LogP contribution >= 0.6 is 11.3 Å². The summed E-state index contributed by atoms with van der Waals surface area (Å²) in [6.07, 6.45) is 0. The van der Waals surface area contributed by atoms with E-state index in [4.69, 9.17) is 0 Å². The molecule has 0 nitrogen and oxygen atoms in total. The van der Waals surface area contributed by atoms with Crippen LogP contribution in [0.15, 0.2) is 218 Å². The minimum atomic E-state index is 1.22. The molecule has 0 saturated carbocycles. The zero-order valence-corrected chi connectivity index (χ0v) is 35.0. The highest BCUT2D eigenvalue weighted by Gasteiger charge is 2.19. The maximum Gasteiger partial charge on any atom is 0.0434 e. The van der Waals surface area contributed by atoms with Crippen molar-refractivity contribution in [2.75, 3.05) is 0 Å². The van der Waals surface area contributed by atoms with E-state index in [1.54, 1.807) is 0 Å². The van der Waals surface area contributed by atoms with Gasteiger partial charge in [-0.15, -0.1) is 11.3 Å². The Morgan fingerprint density at radius 1 is 0.222 bits per heavy atom. The van der Waals surface area contributed by atoms with Crippen molar-refractivity contribution >= 4 is 107 Å². The zero-order chi connectivity index (χ0) is 41.2. The van der Waals surface area contributed by atoms with E-state index in [-0.39, 0.29) is 0 Å². The van der Waals surface area contributed by atoms with Crippen molar-refractivity contribution in [1.82, 2.24) is 0 Å². The summed E-state index contributed by atoms with van der Waals surface area (Å²) in [7, 11) is 0. The van der Waals surface area contributed by atoms with Gasteiger partial charge in [0.1, 0.15) is 0 Å². The summed E-state index contributed by atoms with van der Waals surface area (Å²) in [6.45, 7) is 0. The van der Waals surface area contributed by atoms with Gasteiger partial charge in [0, 0.05) is 20.2 Å². The van der Waals surface area contributed by atoms with Crippen molar-refractivity contribution in [2.45, 2.75) is 0 Å². The van der Waals surface area contributed by atoms with Crippen molar-refractivity contribution in [3.05, 3.63) is 218 Å². The Hall–Kier alpha value is -7.84. The van der Waals surface area contributed by atoms with Crippen LogP contribution in [0.25, 0.3) is 140 Å². The van der Waals surface area contributed by atoms with Gasteiger partial charge < -0.3 is 0 Å². The number of benzene rings is 13. The Bertz CT molecular complexity index is 4170. The number of hydrogen-bond acceptors (Lipinski definition) is 1. The highest BCUT2D eigenvalue weighted by molar-refractivity contribution is 7.27. The first-order valence-electron chi connectivity index (χ1n) is 21.8. The minimum Gasteiger partial charge on any atom is -0.135 e. The van der Waals surface area contributed by atoms with E-state index in [0.29, 0.717) is 0 Å². The summed E-state index contributed by atoms with van der Waals surface area (Å²) in [5.74, 6) is 0. The van der Waals surface area contributed by atoms with Crippen LogP contribution in [0.2, 0.25) is 0 Å². The molecule has 1 heteroatoms. The molecule has 63 heavy (non-hydrogen) atoms. The van der Waals surface area contributed by atoms with Crippen LogP contribution in [-0.4, -0.2) is 0 Å². The summed E-state index contributed by atoms with van der Waals surface area (Å²) in [5, 5.41) is 21.0. The van der Waals surface area contributed by atoms with Gasteiger partial charge >= 0.3 is 0 Å². The second-order valence-electron chi connectivity index (χ2n) is 17.1. The first kappa shape index (κ1) is 34.8. The summed E-state index contributed by atoms with van der Waals surface area (Å²) in [4.78, 5) is 0. The van der Waals surface area contributed by atoms with Gasteiger partial charge in [-0.2, -0.15) is 0 Å². The highest BCUT2D eigenvalue weighted by Crippen LogP contribution is 2.47. The Labute approximate surface area is 367 Å². The fraction of sp³-hybridized carbons (Fsp3) is 0. The van der Waals surface area contributed by atoms with Crippen molar-refractivity contribution in [3.8, 4) is 44.5 Å². The van der Waals surface area contributed by atoms with Crippen LogP contribution in [0, 0.1) is 0 Å². The molecule has 0 atom stereocenters. The molecule has 0 spiro atoms. The van der Waals surface area contributed by atoms with Crippen LogP contribution in [0.3, 0.4) is 0 Å². The predicted molar refractivity (Wildman–Crippen MR) is 275 cm³/mol. The van der Waals surface area contributed by atoms with Gasteiger partial charge in [0.05, 0.1) is 0 Å². The van der Waals surface area contributed by atoms with Gasteiger partial charge in [0.15, 0.2) is 0 Å². The molecule has 0 fully saturated rings. The number of hydrogen-bond donors (Lipinski definition) is 0. The molecule has 1 aromatic heterocycles. The molecule has 0 aliphatic rings. The van der Waals surface area contributed by atoms with E-state index in [9.17, 15) is 0 Å². The molecule has 0 radical (unpaired) electrons.